The standard InChI is InChI=1S/2C58H34N6O/c59-35-41-32-40(58-61-56(37-17-6-2-7-18-37)60-57(62-58)39-20-14-19-38(31-39)36-15-4-1-5-16-36)27-30-49(41)64-51-26-13-11-24-44(51)47-33-48-46-29-28-45-43-23-10-12-25-50(43)63(42-21-8-3-9-22-42)54(45)55(46)65-53(48)34-52(47)64;59-35-41-32-40(58-61-56(37-17-6-2-7-18-37)60-57(62-58)39-20-14-19-38(31-39)36-15-4-1-5-16-36)27-29-48(41)64-49-25-12-10-23-43(49)46-33-47-44-28-30-51-54(55(44)65-53(47)34-52(46)64)45-24-11-13-26-50(45)63(51)42-21-8-3-9-22-42/h2*1-34H. The van der Waals surface area contributed by atoms with Gasteiger partial charge in [-0.05, 0) is 150 Å². The predicted octanol–water partition coefficient (Wildman–Crippen LogP) is 29.0. The minimum absolute atomic E-state index is 0.479. The summed E-state index contributed by atoms with van der Waals surface area (Å²) in [5.74, 6) is 3.16. The molecule has 0 bridgehead atoms. The zero-order valence-electron chi connectivity index (χ0n) is 69.4. The highest BCUT2D eigenvalue weighted by molar-refractivity contribution is 6.27. The van der Waals surface area contributed by atoms with Crippen molar-refractivity contribution in [2.24, 2.45) is 0 Å². The second-order valence-corrected chi connectivity index (χ2v) is 32.6. The molecule has 8 heterocycles. The molecule has 26 rings (SSSR count). The van der Waals surface area contributed by atoms with E-state index in [0.29, 0.717) is 57.2 Å². The van der Waals surface area contributed by atoms with Gasteiger partial charge in [0, 0.05) is 116 Å². The third kappa shape index (κ3) is 12.2. The van der Waals surface area contributed by atoms with Crippen LogP contribution in [0.5, 0.6) is 0 Å². The molecule has 0 N–H and O–H groups in total. The molecule has 18 aromatic carbocycles. The second kappa shape index (κ2) is 30.3. The smallest absolute Gasteiger partial charge is 0.164 e. The van der Waals surface area contributed by atoms with E-state index in [9.17, 15) is 10.5 Å². The molecule has 26 aromatic rings. The maximum atomic E-state index is 10.9. The lowest BCUT2D eigenvalue weighted by atomic mass is 10.0. The van der Waals surface area contributed by atoms with E-state index in [2.05, 4.69) is 261 Å². The Hall–Kier alpha value is -18.2. The Morgan fingerprint density at radius 1 is 0.200 bits per heavy atom. The first-order valence-corrected chi connectivity index (χ1v) is 43.2. The van der Waals surface area contributed by atoms with Gasteiger partial charge in [-0.25, -0.2) is 29.9 Å². The number of hydrogen-bond acceptors (Lipinski definition) is 10. The summed E-state index contributed by atoms with van der Waals surface area (Å²) >= 11 is 0. The quantitative estimate of drug-likeness (QED) is 0.115. The summed E-state index contributed by atoms with van der Waals surface area (Å²) in [6.07, 6.45) is 0. The molecule has 0 radical (unpaired) electrons. The van der Waals surface area contributed by atoms with Gasteiger partial charge in [0.1, 0.15) is 28.9 Å². The van der Waals surface area contributed by atoms with Crippen molar-refractivity contribution in [3.63, 3.8) is 0 Å². The number of nitrogens with zero attached hydrogens (tertiary/aromatic N) is 12. The van der Waals surface area contributed by atoms with Crippen LogP contribution >= 0.6 is 0 Å². The van der Waals surface area contributed by atoms with Crippen LogP contribution in [0.4, 0.5) is 0 Å². The topological polar surface area (TPSA) is 171 Å². The molecule has 0 aliphatic rings. The number of furan rings is 2. The minimum atomic E-state index is 0.479. The number of benzene rings is 18. The van der Waals surface area contributed by atoms with Crippen molar-refractivity contribution in [2.45, 2.75) is 0 Å². The maximum Gasteiger partial charge on any atom is 0.164 e. The minimum Gasteiger partial charge on any atom is -0.455 e. The van der Waals surface area contributed by atoms with E-state index < -0.39 is 0 Å². The Kier molecular flexibility index (Phi) is 17.4. The van der Waals surface area contributed by atoms with Crippen LogP contribution in [0.15, 0.2) is 421 Å². The van der Waals surface area contributed by atoms with E-state index in [1.807, 2.05) is 182 Å². The largest absolute Gasteiger partial charge is 0.455 e. The van der Waals surface area contributed by atoms with Gasteiger partial charge < -0.3 is 27.1 Å². The van der Waals surface area contributed by atoms with Crippen LogP contribution in [-0.4, -0.2) is 48.2 Å². The van der Waals surface area contributed by atoms with E-state index in [1.54, 1.807) is 0 Å². The van der Waals surface area contributed by atoms with Crippen molar-refractivity contribution in [3.8, 4) is 125 Å². The van der Waals surface area contributed by atoms with Crippen LogP contribution in [0.2, 0.25) is 0 Å². The molecule has 604 valence electrons. The average molecular weight is 1660 g/mol. The molecule has 0 atom stereocenters. The summed E-state index contributed by atoms with van der Waals surface area (Å²) in [6, 6.07) is 146. The lowest BCUT2D eigenvalue weighted by Gasteiger charge is -2.13. The first-order valence-electron chi connectivity index (χ1n) is 43.2. The average Bonchev–Trinajstić information content (AvgIpc) is 1.55. The summed E-state index contributed by atoms with van der Waals surface area (Å²) in [4.78, 5) is 30.1. The monoisotopic (exact) mass is 1660 g/mol. The summed E-state index contributed by atoms with van der Waals surface area (Å²) in [5, 5.41) is 34.9. The molecular weight excluding hydrogens is 1590 g/mol. The van der Waals surface area contributed by atoms with Gasteiger partial charge in [0.05, 0.1) is 72.0 Å². The zero-order chi connectivity index (χ0) is 86.0. The lowest BCUT2D eigenvalue weighted by Crippen LogP contribution is -2.02. The van der Waals surface area contributed by atoms with Crippen molar-refractivity contribution >= 4 is 131 Å². The van der Waals surface area contributed by atoms with Crippen molar-refractivity contribution in [1.29, 1.82) is 10.5 Å². The van der Waals surface area contributed by atoms with E-state index in [1.165, 1.54) is 5.39 Å². The molecule has 0 saturated carbocycles. The third-order valence-corrected chi connectivity index (χ3v) is 25.2. The van der Waals surface area contributed by atoms with Crippen molar-refractivity contribution < 1.29 is 8.83 Å². The molecule has 0 amide bonds. The molecule has 14 nitrogen and oxygen atoms in total. The normalized spacial score (nSPS) is 11.7. The molecule has 0 unspecified atom stereocenters. The van der Waals surface area contributed by atoms with Crippen LogP contribution < -0.4 is 0 Å². The molecule has 130 heavy (non-hydrogen) atoms. The highest BCUT2D eigenvalue weighted by Gasteiger charge is 2.27. The van der Waals surface area contributed by atoms with Crippen LogP contribution in [-0.2, 0) is 0 Å². The van der Waals surface area contributed by atoms with Crippen LogP contribution in [0.3, 0.4) is 0 Å². The summed E-state index contributed by atoms with van der Waals surface area (Å²) in [6.45, 7) is 0. The Bertz CT molecular complexity index is 9190. The SMILES string of the molecule is N#Cc1cc(-c2nc(-c3ccccc3)nc(-c3cccc(-c4ccccc4)c3)n2)ccc1-n1c2ccccc2c2cc3c(cc21)oc1c3ccc2c1c1ccccc1n2-c1ccccc1.N#Cc1cc(-c2nc(-c3ccccc3)nc(-c3cccc(-c4ccccc4)c3)n2)ccc1-n1c2ccccc2c2cc3c(cc21)oc1c3ccc2c3ccccc3n(-c3ccccc3)c21. The van der Waals surface area contributed by atoms with Crippen LogP contribution in [0.1, 0.15) is 11.1 Å². The number of nitriles is 2. The van der Waals surface area contributed by atoms with Crippen molar-refractivity contribution in [2.75, 3.05) is 0 Å². The van der Waals surface area contributed by atoms with Gasteiger partial charge in [-0.2, -0.15) is 10.5 Å². The number of fused-ring (bicyclic) bond motifs is 20. The molecule has 0 fully saturated rings. The first-order chi connectivity index (χ1) is 64.4. The van der Waals surface area contributed by atoms with Gasteiger partial charge in [-0.3, -0.25) is 0 Å². The Labute approximate surface area is 742 Å². The van der Waals surface area contributed by atoms with Gasteiger partial charge >= 0.3 is 0 Å². The third-order valence-electron chi connectivity index (χ3n) is 25.2. The Morgan fingerprint density at radius 3 is 0.985 bits per heavy atom. The molecule has 0 saturated heterocycles. The van der Waals surface area contributed by atoms with Crippen molar-refractivity contribution in [3.05, 3.63) is 424 Å². The summed E-state index contributed by atoms with van der Waals surface area (Å²) in [5.41, 5.74) is 25.4. The summed E-state index contributed by atoms with van der Waals surface area (Å²) < 4.78 is 22.9. The number of hydrogen-bond donors (Lipinski definition) is 0. The molecule has 8 aromatic heterocycles. The molecule has 0 aliphatic heterocycles. The Balaban J connectivity index is 0.000000140. The van der Waals surface area contributed by atoms with E-state index in [4.69, 9.17) is 38.7 Å². The number of para-hydroxylation sites is 6. The van der Waals surface area contributed by atoms with E-state index in [0.717, 1.165) is 193 Å². The van der Waals surface area contributed by atoms with Gasteiger partial charge in [-0.1, -0.05) is 273 Å². The van der Waals surface area contributed by atoms with Crippen LogP contribution in [0.25, 0.3) is 244 Å². The van der Waals surface area contributed by atoms with Gasteiger partial charge in [0.15, 0.2) is 40.5 Å². The fourth-order valence-electron chi connectivity index (χ4n) is 19.3. The Morgan fingerprint density at radius 2 is 0.531 bits per heavy atom. The zero-order valence-corrected chi connectivity index (χ0v) is 69.4. The van der Waals surface area contributed by atoms with Gasteiger partial charge in [0.25, 0.3) is 0 Å². The van der Waals surface area contributed by atoms with Crippen LogP contribution in [0, 0.1) is 22.7 Å². The van der Waals surface area contributed by atoms with Crippen molar-refractivity contribution in [1.82, 2.24) is 48.2 Å². The predicted molar refractivity (Wildman–Crippen MR) is 524 cm³/mol. The molecular formula is C116H68N12O2. The number of rotatable bonds is 12. The maximum absolute atomic E-state index is 10.9. The fraction of sp³-hybridized carbons (Fsp3) is 0. The second-order valence-electron chi connectivity index (χ2n) is 32.6. The summed E-state index contributed by atoms with van der Waals surface area (Å²) in [7, 11) is 0. The molecule has 14 heteroatoms. The highest BCUT2D eigenvalue weighted by atomic mass is 16.3. The molecule has 0 aliphatic carbocycles. The lowest BCUT2D eigenvalue weighted by molar-refractivity contribution is 0.671. The number of aromatic nitrogens is 10. The van der Waals surface area contributed by atoms with E-state index >= 15 is 0 Å². The van der Waals surface area contributed by atoms with Gasteiger partial charge in [0.2, 0.25) is 0 Å². The highest BCUT2D eigenvalue weighted by Crippen LogP contribution is 2.48. The van der Waals surface area contributed by atoms with Gasteiger partial charge in [-0.15, -0.1) is 0 Å². The molecule has 0 spiro atoms. The first kappa shape index (κ1) is 74.4. The van der Waals surface area contributed by atoms with E-state index in [-0.39, 0.29) is 0 Å². The fourth-order valence-corrected chi connectivity index (χ4v) is 19.3.